The number of ether oxygens (including phenoxy) is 2. The van der Waals surface area contributed by atoms with Crippen molar-refractivity contribution in [1.29, 1.82) is 0 Å². The number of alkyl halides is 3. The maximum atomic E-state index is 11.2. The summed E-state index contributed by atoms with van der Waals surface area (Å²) in [6.45, 7) is 1.86. The van der Waals surface area contributed by atoms with Gasteiger partial charge in [0.25, 0.3) is 10.1 Å². The smallest absolute Gasteiger partial charge is 0.454 e. The fraction of sp³-hybridized carbons (Fsp3) is 0.316. The molecule has 2 aromatic carbocycles. The molecule has 2 aliphatic rings. The van der Waals surface area contributed by atoms with Crippen molar-refractivity contribution in [1.82, 2.24) is 5.32 Å². The number of benzene rings is 2. The molecule has 0 aromatic heterocycles. The standard InChI is InChI=1S/C17H17NO5S.C2H2F3NO/c19-24(20,21)13-3-1-11(2-4-13)15-9-18-6-5-12-7-16-17(8-14(12)15)23-10-22-16;3-2(4,5)1(6)7/h1-4,7-8,15,18H,5-6,9-10H2,(H,19,20,21);(H2,6,7). The number of nitrogens with one attached hydrogen (secondary N) is 1. The molecule has 4 rings (SSSR count). The van der Waals surface area contributed by atoms with Gasteiger partial charge in [-0.25, -0.2) is 0 Å². The van der Waals surface area contributed by atoms with Crippen molar-refractivity contribution in [2.75, 3.05) is 19.9 Å². The Morgan fingerprint density at radius 3 is 2.26 bits per heavy atom. The first-order valence-corrected chi connectivity index (χ1v) is 10.5. The zero-order chi connectivity index (χ0) is 22.8. The van der Waals surface area contributed by atoms with Gasteiger partial charge in [0.05, 0.1) is 4.90 Å². The van der Waals surface area contributed by atoms with Gasteiger partial charge < -0.3 is 20.5 Å². The largest absolute Gasteiger partial charge is 0.470 e. The summed E-state index contributed by atoms with van der Waals surface area (Å²) >= 11 is 0. The van der Waals surface area contributed by atoms with Crippen molar-refractivity contribution in [3.05, 3.63) is 53.1 Å². The minimum atomic E-state index is -4.86. The fourth-order valence-electron chi connectivity index (χ4n) is 3.29. The van der Waals surface area contributed by atoms with E-state index in [-0.39, 0.29) is 17.6 Å². The van der Waals surface area contributed by atoms with Crippen LogP contribution in [0.25, 0.3) is 0 Å². The van der Waals surface area contributed by atoms with Gasteiger partial charge in [-0.3, -0.25) is 9.35 Å². The highest BCUT2D eigenvalue weighted by molar-refractivity contribution is 7.85. The topological polar surface area (TPSA) is 128 Å². The minimum Gasteiger partial charge on any atom is -0.454 e. The molecule has 168 valence electrons. The van der Waals surface area contributed by atoms with Gasteiger partial charge in [-0.2, -0.15) is 21.6 Å². The number of carbonyl (C=O) groups excluding carboxylic acids is 1. The molecule has 8 nitrogen and oxygen atoms in total. The van der Waals surface area contributed by atoms with Crippen molar-refractivity contribution in [2.24, 2.45) is 5.73 Å². The number of fused-ring (bicyclic) bond motifs is 2. The van der Waals surface area contributed by atoms with E-state index in [9.17, 15) is 21.6 Å². The fourth-order valence-corrected chi connectivity index (χ4v) is 3.77. The Bertz CT molecular complexity index is 1070. The zero-order valence-corrected chi connectivity index (χ0v) is 16.8. The van der Waals surface area contributed by atoms with Gasteiger partial charge in [-0.1, -0.05) is 12.1 Å². The van der Waals surface area contributed by atoms with Gasteiger partial charge in [-0.15, -0.1) is 0 Å². The summed E-state index contributed by atoms with van der Waals surface area (Å²) in [6.07, 6.45) is -3.97. The van der Waals surface area contributed by atoms with E-state index in [1.165, 1.54) is 17.7 Å². The van der Waals surface area contributed by atoms with Gasteiger partial charge >= 0.3 is 12.1 Å². The average molecular weight is 460 g/mol. The third kappa shape index (κ3) is 5.46. The number of amides is 1. The van der Waals surface area contributed by atoms with Crippen molar-refractivity contribution in [2.45, 2.75) is 23.4 Å². The Balaban J connectivity index is 0.000000339. The number of rotatable bonds is 2. The first-order valence-electron chi connectivity index (χ1n) is 9.04. The number of hydrogen-bond donors (Lipinski definition) is 3. The first kappa shape index (κ1) is 22.8. The van der Waals surface area contributed by atoms with Crippen molar-refractivity contribution in [3.8, 4) is 11.5 Å². The third-order valence-corrected chi connectivity index (χ3v) is 5.66. The summed E-state index contributed by atoms with van der Waals surface area (Å²) in [5, 5.41) is 3.41. The maximum Gasteiger partial charge on any atom is 0.470 e. The van der Waals surface area contributed by atoms with E-state index in [2.05, 4.69) is 11.1 Å². The molecule has 1 atom stereocenters. The predicted molar refractivity (Wildman–Crippen MR) is 102 cm³/mol. The third-order valence-electron chi connectivity index (χ3n) is 4.79. The highest BCUT2D eigenvalue weighted by Crippen LogP contribution is 2.40. The molecule has 0 fully saturated rings. The molecule has 4 N–H and O–H groups in total. The highest BCUT2D eigenvalue weighted by Gasteiger charge is 2.35. The number of halogens is 3. The molecular formula is C19H19F3N2O6S. The lowest BCUT2D eigenvalue weighted by atomic mass is 9.88. The van der Waals surface area contributed by atoms with Gasteiger partial charge in [0.1, 0.15) is 0 Å². The molecule has 0 radical (unpaired) electrons. The lowest BCUT2D eigenvalue weighted by Crippen LogP contribution is -2.30. The molecular weight excluding hydrogens is 441 g/mol. The molecule has 2 heterocycles. The summed E-state index contributed by atoms with van der Waals surface area (Å²) in [5.41, 5.74) is 7.15. The average Bonchev–Trinajstić information content (AvgIpc) is 3.04. The molecule has 0 saturated carbocycles. The Morgan fingerprint density at radius 2 is 1.71 bits per heavy atom. The summed E-state index contributed by atoms with van der Waals surface area (Å²) in [7, 11) is -4.18. The normalized spacial score (nSPS) is 17.7. The Hall–Kier alpha value is -2.83. The van der Waals surface area contributed by atoms with Gasteiger partial charge in [0.15, 0.2) is 11.5 Å². The Kier molecular flexibility index (Phi) is 6.43. The molecule has 2 aliphatic heterocycles. The monoisotopic (exact) mass is 460 g/mol. The van der Waals surface area contributed by atoms with Crippen molar-refractivity contribution in [3.63, 3.8) is 0 Å². The quantitative estimate of drug-likeness (QED) is 0.585. The van der Waals surface area contributed by atoms with E-state index >= 15 is 0 Å². The summed E-state index contributed by atoms with van der Waals surface area (Å²) in [4.78, 5) is 9.02. The first-order chi connectivity index (χ1) is 14.5. The molecule has 0 saturated heterocycles. The Labute approximate surface area is 175 Å². The molecule has 0 aliphatic carbocycles. The van der Waals surface area contributed by atoms with Crippen LogP contribution in [-0.2, 0) is 21.3 Å². The number of hydrogen-bond acceptors (Lipinski definition) is 6. The Morgan fingerprint density at radius 1 is 1.13 bits per heavy atom. The molecule has 2 aromatic rings. The van der Waals surface area contributed by atoms with Crippen LogP contribution in [-0.4, -0.2) is 44.9 Å². The van der Waals surface area contributed by atoms with Gasteiger partial charge in [-0.05, 0) is 53.9 Å². The zero-order valence-electron chi connectivity index (χ0n) is 16.0. The van der Waals surface area contributed by atoms with Gasteiger partial charge in [0, 0.05) is 12.5 Å². The van der Waals surface area contributed by atoms with Crippen molar-refractivity contribution < 1.29 is 40.4 Å². The molecule has 0 bridgehead atoms. The van der Waals surface area contributed by atoms with Crippen LogP contribution in [0.15, 0.2) is 41.3 Å². The minimum absolute atomic E-state index is 0.0763. The van der Waals surface area contributed by atoms with Crippen LogP contribution in [0, 0.1) is 0 Å². The van der Waals surface area contributed by atoms with E-state index in [1.807, 2.05) is 12.1 Å². The van der Waals surface area contributed by atoms with Gasteiger partial charge in [0.2, 0.25) is 6.79 Å². The molecule has 1 unspecified atom stereocenters. The lowest BCUT2D eigenvalue weighted by Gasteiger charge is -2.19. The van der Waals surface area contributed by atoms with Crippen LogP contribution in [0.5, 0.6) is 11.5 Å². The van der Waals surface area contributed by atoms with E-state index in [1.54, 1.807) is 12.1 Å². The predicted octanol–water partition coefficient (Wildman–Crippen LogP) is 1.97. The molecule has 12 heteroatoms. The summed E-state index contributed by atoms with van der Waals surface area (Å²) in [6, 6.07) is 10.4. The van der Waals surface area contributed by atoms with E-state index in [0.717, 1.165) is 42.1 Å². The molecule has 31 heavy (non-hydrogen) atoms. The number of primary amides is 1. The maximum absolute atomic E-state index is 11.2. The van der Waals surface area contributed by atoms with Crippen LogP contribution in [0.4, 0.5) is 13.2 Å². The van der Waals surface area contributed by atoms with E-state index in [4.69, 9.17) is 18.8 Å². The lowest BCUT2D eigenvalue weighted by molar-refractivity contribution is -0.169. The number of nitrogens with two attached hydrogens (primary N) is 1. The van der Waals surface area contributed by atoms with Crippen LogP contribution < -0.4 is 20.5 Å². The van der Waals surface area contributed by atoms with Crippen LogP contribution in [0.3, 0.4) is 0 Å². The van der Waals surface area contributed by atoms with Crippen LogP contribution in [0.2, 0.25) is 0 Å². The van der Waals surface area contributed by atoms with Crippen LogP contribution >= 0.6 is 0 Å². The SMILES string of the molecule is NC(=O)C(F)(F)F.O=S(=O)(O)c1ccc(C2CNCCc3cc4c(cc32)OCO4)cc1. The number of carbonyl (C=O) groups is 1. The summed E-state index contributed by atoms with van der Waals surface area (Å²) < 4.78 is 74.6. The molecule has 1 amide bonds. The van der Waals surface area contributed by atoms with Crippen molar-refractivity contribution >= 4 is 16.0 Å². The van der Waals surface area contributed by atoms with E-state index in [0.29, 0.717) is 0 Å². The second kappa shape index (κ2) is 8.73. The second-order valence-electron chi connectivity index (χ2n) is 6.82. The summed E-state index contributed by atoms with van der Waals surface area (Å²) in [5.74, 6) is -0.661. The van der Waals surface area contributed by atoms with Crippen LogP contribution in [0.1, 0.15) is 22.6 Å². The molecule has 0 spiro atoms. The van der Waals surface area contributed by atoms with E-state index < -0.39 is 22.2 Å². The second-order valence-corrected chi connectivity index (χ2v) is 8.24. The highest BCUT2D eigenvalue weighted by atomic mass is 32.2.